The number of nitrogens with two attached hydrogens (primary N) is 1. The number of nitrogens with one attached hydrogen (secondary N) is 2. The van der Waals surface area contributed by atoms with Crippen LogP contribution in [0.15, 0.2) is 66.7 Å². The fourth-order valence-corrected chi connectivity index (χ4v) is 3.24. The average Bonchev–Trinajstić information content (AvgIpc) is 3.09. The second-order valence-electron chi connectivity index (χ2n) is 6.45. The summed E-state index contributed by atoms with van der Waals surface area (Å²) in [6.45, 7) is 0. The van der Waals surface area contributed by atoms with Gasteiger partial charge in [0, 0.05) is 17.2 Å². The molecule has 9 nitrogen and oxygen atoms in total. The van der Waals surface area contributed by atoms with Crippen LogP contribution in [0.2, 0.25) is 5.02 Å². The van der Waals surface area contributed by atoms with Gasteiger partial charge in [-0.25, -0.2) is 14.6 Å². The molecule has 4 rings (SSSR count). The number of imidazole rings is 1. The van der Waals surface area contributed by atoms with E-state index < -0.39 is 12.1 Å². The zero-order valence-electron chi connectivity index (χ0n) is 16.3. The predicted molar refractivity (Wildman–Crippen MR) is 125 cm³/mol. The Morgan fingerprint density at radius 1 is 1.03 bits per heavy atom. The van der Waals surface area contributed by atoms with E-state index in [2.05, 4.69) is 15.3 Å². The number of rotatable bonds is 5. The van der Waals surface area contributed by atoms with E-state index in [4.69, 9.17) is 27.2 Å². The number of benzene rings is 3. The molecular weight excluding hydrogens is 457 g/mol. The molecule has 0 unspecified atom stereocenters. The fourth-order valence-electron chi connectivity index (χ4n) is 3.05. The summed E-state index contributed by atoms with van der Waals surface area (Å²) in [4.78, 5) is 31.2. The van der Waals surface area contributed by atoms with Gasteiger partial charge in [0.15, 0.2) is 0 Å². The largest absolute Gasteiger partial charge is 0.465 e. The van der Waals surface area contributed by atoms with E-state index in [0.717, 1.165) is 0 Å². The van der Waals surface area contributed by atoms with Gasteiger partial charge in [-0.1, -0.05) is 23.7 Å². The van der Waals surface area contributed by atoms with Crippen LogP contribution < -0.4 is 20.7 Å². The van der Waals surface area contributed by atoms with Gasteiger partial charge in [-0.05, 0) is 42.5 Å². The van der Waals surface area contributed by atoms with Crippen molar-refractivity contribution < 1.29 is 19.4 Å². The minimum atomic E-state index is -1.22. The number of hydrogen-bond acceptors (Lipinski definition) is 4. The van der Waals surface area contributed by atoms with E-state index in [-0.39, 0.29) is 18.4 Å². The molecule has 3 amide bonds. The summed E-state index contributed by atoms with van der Waals surface area (Å²) in [5, 5.41) is 11.4. The van der Waals surface area contributed by atoms with E-state index in [1.807, 2.05) is 0 Å². The minimum absolute atomic E-state index is 0. The van der Waals surface area contributed by atoms with Crippen molar-refractivity contribution >= 4 is 64.5 Å². The summed E-state index contributed by atoms with van der Waals surface area (Å²) in [5.74, 6) is 1.07. The molecule has 0 saturated carbocycles. The highest BCUT2D eigenvalue weighted by Gasteiger charge is 2.16. The van der Waals surface area contributed by atoms with Gasteiger partial charge >= 0.3 is 12.1 Å². The predicted octanol–water partition coefficient (Wildman–Crippen LogP) is 5.74. The lowest BCUT2D eigenvalue weighted by atomic mass is 10.2. The first-order chi connectivity index (χ1) is 14.9. The number of urea groups is 1. The molecule has 0 fully saturated rings. The number of carbonyl (C=O) groups is 2. The number of carbonyl (C=O) groups excluding carboxylic acids is 1. The molecule has 164 valence electrons. The molecule has 3 aromatic carbocycles. The number of primary amides is 1. The van der Waals surface area contributed by atoms with E-state index in [0.29, 0.717) is 38.9 Å². The Balaban J connectivity index is 0.00000289. The van der Waals surface area contributed by atoms with Crippen molar-refractivity contribution in [3.63, 3.8) is 0 Å². The number of halogens is 2. The van der Waals surface area contributed by atoms with E-state index in [1.165, 1.54) is 4.90 Å². The molecule has 1 heterocycles. The molecule has 0 atom stereocenters. The number of aromatic nitrogens is 2. The molecule has 5 N–H and O–H groups in total. The first-order valence-corrected chi connectivity index (χ1v) is 9.39. The molecule has 32 heavy (non-hydrogen) atoms. The smallest absolute Gasteiger partial charge is 0.411 e. The number of carboxylic acid groups (broad SMARTS) is 1. The summed E-state index contributed by atoms with van der Waals surface area (Å²) in [6.07, 6.45) is -1.22. The number of ether oxygens (including phenoxy) is 1. The first-order valence-electron chi connectivity index (χ1n) is 9.02. The van der Waals surface area contributed by atoms with Gasteiger partial charge in [-0.15, -0.1) is 12.4 Å². The maximum absolute atomic E-state index is 12.1. The van der Waals surface area contributed by atoms with Crippen molar-refractivity contribution in [3.05, 3.63) is 71.8 Å². The molecule has 0 bridgehead atoms. The average molecular weight is 474 g/mol. The lowest BCUT2D eigenvalue weighted by Crippen LogP contribution is -2.31. The number of hydrogen-bond donors (Lipinski definition) is 4. The molecule has 11 heteroatoms. The molecule has 4 aromatic rings. The quantitative estimate of drug-likeness (QED) is 0.293. The minimum Gasteiger partial charge on any atom is -0.465 e. The number of amides is 3. The maximum atomic E-state index is 12.1. The number of fused-ring (bicyclic) bond motifs is 1. The number of aromatic amines is 1. The van der Waals surface area contributed by atoms with Crippen LogP contribution in [0.4, 0.5) is 26.9 Å². The Bertz CT molecular complexity index is 1290. The Morgan fingerprint density at radius 3 is 2.41 bits per heavy atom. The normalized spacial score (nSPS) is 10.3. The third kappa shape index (κ3) is 5.02. The van der Waals surface area contributed by atoms with E-state index in [9.17, 15) is 9.59 Å². The third-order valence-corrected chi connectivity index (χ3v) is 4.51. The molecular formula is C21H17Cl2N5O4. The van der Waals surface area contributed by atoms with Crippen LogP contribution >= 0.6 is 24.0 Å². The summed E-state index contributed by atoms with van der Waals surface area (Å²) < 4.78 is 5.92. The summed E-state index contributed by atoms with van der Waals surface area (Å²) in [6, 6.07) is 18.0. The van der Waals surface area contributed by atoms with Crippen LogP contribution in [0.3, 0.4) is 0 Å². The van der Waals surface area contributed by atoms with Gasteiger partial charge in [0.25, 0.3) is 0 Å². The van der Waals surface area contributed by atoms with Crippen LogP contribution in [-0.2, 0) is 0 Å². The summed E-state index contributed by atoms with van der Waals surface area (Å²) in [7, 11) is 0. The van der Waals surface area contributed by atoms with Crippen LogP contribution in [0.1, 0.15) is 0 Å². The van der Waals surface area contributed by atoms with Crippen molar-refractivity contribution in [2.24, 2.45) is 5.73 Å². The number of nitrogens with zero attached hydrogens (tertiary/aromatic N) is 2. The van der Waals surface area contributed by atoms with Gasteiger partial charge in [0.05, 0.1) is 22.4 Å². The topological polar surface area (TPSA) is 134 Å². The Labute approximate surface area is 193 Å². The Hall–Kier alpha value is -3.95. The van der Waals surface area contributed by atoms with Gasteiger partial charge in [0.1, 0.15) is 11.5 Å². The maximum Gasteiger partial charge on any atom is 0.411 e. The standard InChI is InChI=1S/C21H16ClN5O4.ClH/c22-12-3-1-4-13(9-12)27(19(23)28)14-5-2-6-15(10-14)31-16-7-8-17-18(11-16)25-20(24-17)26-21(29)30;/h1-11H,(H2,23,28)(H,29,30)(H2,24,25,26);1H. The third-order valence-electron chi connectivity index (χ3n) is 4.28. The summed E-state index contributed by atoms with van der Waals surface area (Å²) in [5.41, 5.74) is 7.79. The van der Waals surface area contributed by atoms with Crippen LogP contribution in [0, 0.1) is 0 Å². The first kappa shape index (κ1) is 22.7. The highest BCUT2D eigenvalue weighted by Crippen LogP contribution is 2.32. The van der Waals surface area contributed by atoms with Crippen LogP contribution in [0.5, 0.6) is 11.5 Å². The van der Waals surface area contributed by atoms with Crippen LogP contribution in [-0.4, -0.2) is 27.2 Å². The zero-order chi connectivity index (χ0) is 22.0. The van der Waals surface area contributed by atoms with Gasteiger partial charge in [-0.2, -0.15) is 0 Å². The SMILES string of the molecule is Cl.NC(=O)N(c1cccc(Cl)c1)c1cccc(Oc2ccc3nc(NC(=O)O)[nH]c3c2)c1. The van der Waals surface area contributed by atoms with Crippen molar-refractivity contribution in [2.75, 3.05) is 10.2 Å². The molecule has 0 aliphatic rings. The monoisotopic (exact) mass is 473 g/mol. The van der Waals surface area contributed by atoms with Crippen molar-refractivity contribution in [1.82, 2.24) is 9.97 Å². The van der Waals surface area contributed by atoms with Crippen LogP contribution in [0.25, 0.3) is 11.0 Å². The second kappa shape index (κ2) is 9.46. The highest BCUT2D eigenvalue weighted by atomic mass is 35.5. The summed E-state index contributed by atoms with van der Waals surface area (Å²) >= 11 is 6.05. The molecule has 0 spiro atoms. The van der Waals surface area contributed by atoms with Gasteiger partial charge < -0.3 is 20.6 Å². The molecule has 0 aliphatic carbocycles. The van der Waals surface area contributed by atoms with Crippen molar-refractivity contribution in [2.45, 2.75) is 0 Å². The zero-order valence-corrected chi connectivity index (χ0v) is 17.9. The second-order valence-corrected chi connectivity index (χ2v) is 6.88. The molecule has 1 aromatic heterocycles. The van der Waals surface area contributed by atoms with Gasteiger partial charge in [-0.3, -0.25) is 10.2 Å². The highest BCUT2D eigenvalue weighted by molar-refractivity contribution is 6.31. The fraction of sp³-hybridized carbons (Fsp3) is 0. The van der Waals surface area contributed by atoms with E-state index in [1.54, 1.807) is 66.7 Å². The number of H-pyrrole nitrogens is 1. The molecule has 0 saturated heterocycles. The van der Waals surface area contributed by atoms with Gasteiger partial charge in [0.2, 0.25) is 5.95 Å². The Morgan fingerprint density at radius 2 is 1.72 bits per heavy atom. The van der Waals surface area contributed by atoms with Crippen molar-refractivity contribution in [3.8, 4) is 11.5 Å². The van der Waals surface area contributed by atoms with E-state index >= 15 is 0 Å². The molecule has 0 aliphatic heterocycles. The lowest BCUT2D eigenvalue weighted by Gasteiger charge is -2.21. The Kier molecular flexibility index (Phi) is 6.72. The van der Waals surface area contributed by atoms with Crippen molar-refractivity contribution in [1.29, 1.82) is 0 Å². The number of anilines is 3. The molecule has 0 radical (unpaired) electrons. The lowest BCUT2D eigenvalue weighted by molar-refractivity contribution is 0.209.